The van der Waals surface area contributed by atoms with Crippen molar-refractivity contribution in [1.29, 1.82) is 0 Å². The molecule has 2 atom stereocenters. The van der Waals surface area contributed by atoms with E-state index in [9.17, 15) is 0 Å². The van der Waals surface area contributed by atoms with Crippen LogP contribution < -0.4 is 5.32 Å². The molecule has 1 fully saturated rings. The Morgan fingerprint density at radius 1 is 1.56 bits per heavy atom. The number of rotatable bonds is 5. The first-order valence-corrected chi connectivity index (χ1v) is 7.02. The van der Waals surface area contributed by atoms with Gasteiger partial charge in [0.2, 0.25) is 0 Å². The molecule has 1 aromatic rings. The molecule has 2 heterocycles. The van der Waals surface area contributed by atoms with Gasteiger partial charge in [-0.25, -0.2) is 4.98 Å². The normalized spacial score (nSPS) is 26.2. The van der Waals surface area contributed by atoms with E-state index in [1.165, 1.54) is 12.8 Å². The van der Waals surface area contributed by atoms with Gasteiger partial charge in [-0.2, -0.15) is 0 Å². The largest absolute Gasteiger partial charge is 0.373 e. The van der Waals surface area contributed by atoms with E-state index in [0.29, 0.717) is 0 Å². The lowest BCUT2D eigenvalue weighted by Crippen LogP contribution is -2.47. The molecule has 2 rings (SSSR count). The number of hydrogen-bond donors (Lipinski definition) is 1. The number of aryl methyl sites for hydroxylation is 1. The summed E-state index contributed by atoms with van der Waals surface area (Å²) in [7, 11) is 2.05. The summed E-state index contributed by atoms with van der Waals surface area (Å²) in [6, 6.07) is 0.178. The lowest BCUT2D eigenvalue weighted by molar-refractivity contribution is -0.0919. The molecule has 2 unspecified atom stereocenters. The van der Waals surface area contributed by atoms with Crippen molar-refractivity contribution in [2.24, 2.45) is 7.05 Å². The maximum Gasteiger partial charge on any atom is 0.128 e. The van der Waals surface area contributed by atoms with E-state index in [1.807, 2.05) is 12.4 Å². The smallest absolute Gasteiger partial charge is 0.128 e. The lowest BCUT2D eigenvalue weighted by atomic mass is 9.87. The zero-order valence-electron chi connectivity index (χ0n) is 11.8. The van der Waals surface area contributed by atoms with Crippen molar-refractivity contribution in [2.75, 3.05) is 13.2 Å². The van der Waals surface area contributed by atoms with E-state index in [4.69, 9.17) is 4.74 Å². The Labute approximate surface area is 110 Å². The number of nitrogens with one attached hydrogen (secondary N) is 1. The van der Waals surface area contributed by atoms with Gasteiger partial charge in [-0.05, 0) is 39.2 Å². The molecule has 0 radical (unpaired) electrons. The van der Waals surface area contributed by atoms with Gasteiger partial charge in [0.05, 0.1) is 11.6 Å². The van der Waals surface area contributed by atoms with Crippen LogP contribution in [0.25, 0.3) is 0 Å². The van der Waals surface area contributed by atoms with Crippen molar-refractivity contribution >= 4 is 0 Å². The number of aromatic nitrogens is 2. The third-order valence-corrected chi connectivity index (χ3v) is 3.83. The van der Waals surface area contributed by atoms with Crippen molar-refractivity contribution in [3.8, 4) is 0 Å². The van der Waals surface area contributed by atoms with Crippen molar-refractivity contribution in [3.05, 3.63) is 18.2 Å². The molecule has 0 bridgehead atoms. The number of nitrogens with zero attached hydrogens (tertiary/aromatic N) is 2. The molecule has 1 aromatic heterocycles. The van der Waals surface area contributed by atoms with Gasteiger partial charge in [0.25, 0.3) is 0 Å². The monoisotopic (exact) mass is 251 g/mol. The van der Waals surface area contributed by atoms with Crippen LogP contribution >= 0.6 is 0 Å². The Morgan fingerprint density at radius 3 is 2.94 bits per heavy atom. The summed E-state index contributed by atoms with van der Waals surface area (Å²) in [6.45, 7) is 6.27. The van der Waals surface area contributed by atoms with Crippen LogP contribution in [0.4, 0.5) is 0 Å². The third kappa shape index (κ3) is 2.75. The Hall–Kier alpha value is -0.870. The topological polar surface area (TPSA) is 39.1 Å². The highest BCUT2D eigenvalue weighted by atomic mass is 16.5. The van der Waals surface area contributed by atoms with Gasteiger partial charge < -0.3 is 14.6 Å². The minimum Gasteiger partial charge on any atom is -0.373 e. The number of hydrogen-bond acceptors (Lipinski definition) is 3. The van der Waals surface area contributed by atoms with Crippen LogP contribution in [-0.4, -0.2) is 28.3 Å². The first-order valence-electron chi connectivity index (χ1n) is 7.02. The molecule has 0 aliphatic carbocycles. The second-order valence-corrected chi connectivity index (χ2v) is 5.40. The second kappa shape index (κ2) is 5.85. The number of ether oxygens (including phenoxy) is 1. The minimum atomic E-state index is -0.132. The molecular formula is C14H25N3O. The Balaban J connectivity index is 2.21. The summed E-state index contributed by atoms with van der Waals surface area (Å²) in [4.78, 5) is 4.51. The average molecular weight is 251 g/mol. The molecule has 4 heteroatoms. The van der Waals surface area contributed by atoms with Crippen LogP contribution in [0.2, 0.25) is 0 Å². The fourth-order valence-electron chi connectivity index (χ4n) is 2.71. The molecule has 1 saturated heterocycles. The van der Waals surface area contributed by atoms with E-state index >= 15 is 0 Å². The fourth-order valence-corrected chi connectivity index (χ4v) is 2.71. The van der Waals surface area contributed by atoms with Crippen LogP contribution in [0.3, 0.4) is 0 Å². The third-order valence-electron chi connectivity index (χ3n) is 3.83. The van der Waals surface area contributed by atoms with Gasteiger partial charge >= 0.3 is 0 Å². The van der Waals surface area contributed by atoms with Gasteiger partial charge in [-0.15, -0.1) is 0 Å². The van der Waals surface area contributed by atoms with Crippen LogP contribution in [0, 0.1) is 0 Å². The zero-order chi connectivity index (χ0) is 13.0. The summed E-state index contributed by atoms with van der Waals surface area (Å²) < 4.78 is 8.18. The van der Waals surface area contributed by atoms with E-state index in [-0.39, 0.29) is 11.6 Å². The van der Waals surface area contributed by atoms with E-state index < -0.39 is 0 Å². The summed E-state index contributed by atoms with van der Waals surface area (Å²) in [5, 5.41) is 3.61. The highest BCUT2D eigenvalue weighted by molar-refractivity contribution is 5.07. The number of imidazole rings is 1. The van der Waals surface area contributed by atoms with E-state index in [1.54, 1.807) is 0 Å². The van der Waals surface area contributed by atoms with Crippen molar-refractivity contribution in [3.63, 3.8) is 0 Å². The average Bonchev–Trinajstić information content (AvgIpc) is 2.77. The van der Waals surface area contributed by atoms with Gasteiger partial charge in [-0.3, -0.25) is 0 Å². The Kier molecular flexibility index (Phi) is 4.40. The maximum atomic E-state index is 6.09. The Bertz CT molecular complexity index is 369. The van der Waals surface area contributed by atoms with Crippen molar-refractivity contribution < 1.29 is 4.74 Å². The van der Waals surface area contributed by atoms with Crippen LogP contribution in [0.15, 0.2) is 12.4 Å². The summed E-state index contributed by atoms with van der Waals surface area (Å²) >= 11 is 0. The second-order valence-electron chi connectivity index (χ2n) is 5.40. The molecular weight excluding hydrogens is 226 g/mol. The van der Waals surface area contributed by atoms with Gasteiger partial charge in [0.15, 0.2) is 0 Å². The molecule has 1 aliphatic rings. The Morgan fingerprint density at radius 2 is 2.39 bits per heavy atom. The zero-order valence-corrected chi connectivity index (χ0v) is 11.8. The molecule has 0 aromatic carbocycles. The minimum absolute atomic E-state index is 0.132. The van der Waals surface area contributed by atoms with E-state index in [0.717, 1.165) is 31.8 Å². The molecule has 1 aliphatic heterocycles. The quantitative estimate of drug-likeness (QED) is 0.873. The summed E-state index contributed by atoms with van der Waals surface area (Å²) in [6.07, 6.45) is 8.50. The molecule has 0 saturated carbocycles. The van der Waals surface area contributed by atoms with Crippen LogP contribution in [0.5, 0.6) is 0 Å². The van der Waals surface area contributed by atoms with Gasteiger partial charge in [0.1, 0.15) is 5.82 Å². The van der Waals surface area contributed by atoms with Gasteiger partial charge in [0, 0.05) is 26.0 Å². The van der Waals surface area contributed by atoms with Crippen molar-refractivity contribution in [1.82, 2.24) is 14.9 Å². The van der Waals surface area contributed by atoms with Crippen LogP contribution in [-0.2, 0) is 11.8 Å². The maximum absolute atomic E-state index is 6.09. The first-order chi connectivity index (χ1) is 8.67. The standard InChI is InChI=1S/C14H25N3O/c1-4-8-15-12(13-16-9-10-17(13)3)14(2)7-5-6-11-18-14/h9-10,12,15H,4-8,11H2,1-3H3. The first kappa shape index (κ1) is 13.6. The predicted octanol–water partition coefficient (Wildman–Crippen LogP) is 2.42. The lowest BCUT2D eigenvalue weighted by Gasteiger charge is -2.40. The summed E-state index contributed by atoms with van der Waals surface area (Å²) in [5.41, 5.74) is -0.132. The molecule has 0 amide bonds. The van der Waals surface area contributed by atoms with E-state index in [2.05, 4.69) is 35.8 Å². The molecule has 18 heavy (non-hydrogen) atoms. The van der Waals surface area contributed by atoms with Gasteiger partial charge in [-0.1, -0.05) is 6.92 Å². The summed E-state index contributed by atoms with van der Waals surface area (Å²) in [5.74, 6) is 1.08. The van der Waals surface area contributed by atoms with Crippen molar-refractivity contribution in [2.45, 2.75) is 51.2 Å². The van der Waals surface area contributed by atoms with Crippen LogP contribution in [0.1, 0.15) is 51.4 Å². The molecule has 102 valence electrons. The molecule has 4 nitrogen and oxygen atoms in total. The highest BCUT2D eigenvalue weighted by Crippen LogP contribution is 2.35. The predicted molar refractivity (Wildman–Crippen MR) is 72.5 cm³/mol. The fraction of sp³-hybridized carbons (Fsp3) is 0.786. The molecule has 0 spiro atoms. The highest BCUT2D eigenvalue weighted by Gasteiger charge is 2.39. The molecule has 1 N–H and O–H groups in total. The SMILES string of the molecule is CCCNC(c1nccn1C)C1(C)CCCCO1.